The molecule has 0 fully saturated rings. The second kappa shape index (κ2) is 3.93. The van der Waals surface area contributed by atoms with Gasteiger partial charge in [0.05, 0.1) is 5.02 Å². The molecule has 1 aromatic carbocycles. The van der Waals surface area contributed by atoms with Gasteiger partial charge in [-0.15, -0.1) is 0 Å². The molecule has 1 rings (SSSR count). The van der Waals surface area contributed by atoms with Crippen molar-refractivity contribution in [3.8, 4) is 0 Å². The Morgan fingerprint density at radius 3 is 2.64 bits per heavy atom. The normalized spacial score (nSPS) is 11.0. The molecule has 0 heterocycles. The zero-order chi connectivity index (χ0) is 10.8. The van der Waals surface area contributed by atoms with Gasteiger partial charge < -0.3 is 0 Å². The number of rotatable bonds is 3. The predicted octanol–water partition coefficient (Wildman–Crippen LogP) is 0.914. The van der Waals surface area contributed by atoms with Gasteiger partial charge in [0.2, 0.25) is 6.41 Å². The van der Waals surface area contributed by atoms with Crippen LogP contribution in [0.3, 0.4) is 0 Å². The molecule has 0 atom stereocenters. The van der Waals surface area contributed by atoms with Crippen LogP contribution in [0.4, 0.5) is 4.39 Å². The smallest absolute Gasteiger partial charge is 0.266 e. The molecule has 14 heavy (non-hydrogen) atoms. The molecule has 1 aromatic rings. The number of hydrogen-bond acceptors (Lipinski definition) is 3. The van der Waals surface area contributed by atoms with E-state index in [9.17, 15) is 17.6 Å². The monoisotopic (exact) mass is 237 g/mol. The Labute approximate surface area is 84.7 Å². The van der Waals surface area contributed by atoms with E-state index in [0.717, 1.165) is 6.07 Å². The van der Waals surface area contributed by atoms with Gasteiger partial charge in [0.15, 0.2) is 5.82 Å². The van der Waals surface area contributed by atoms with E-state index in [1.165, 1.54) is 16.9 Å². The van der Waals surface area contributed by atoms with Gasteiger partial charge in [-0.2, -0.15) is 0 Å². The summed E-state index contributed by atoms with van der Waals surface area (Å²) in [6.45, 7) is 0. The van der Waals surface area contributed by atoms with Crippen LogP contribution in [-0.2, 0) is 14.8 Å². The summed E-state index contributed by atoms with van der Waals surface area (Å²) < 4.78 is 37.0. The molecular weight excluding hydrogens is 233 g/mol. The van der Waals surface area contributed by atoms with E-state index in [1.54, 1.807) is 0 Å². The molecule has 0 saturated heterocycles. The minimum atomic E-state index is -4.14. The fraction of sp³-hybridized carbons (Fsp3) is 0. The summed E-state index contributed by atoms with van der Waals surface area (Å²) >= 11 is 5.36. The van der Waals surface area contributed by atoms with Crippen LogP contribution in [0.15, 0.2) is 23.1 Å². The molecule has 0 radical (unpaired) electrons. The summed E-state index contributed by atoms with van der Waals surface area (Å²) in [7, 11) is -4.14. The minimum Gasteiger partial charge on any atom is -0.278 e. The third-order valence-corrected chi connectivity index (χ3v) is 3.00. The van der Waals surface area contributed by atoms with E-state index in [4.69, 9.17) is 11.6 Å². The van der Waals surface area contributed by atoms with Gasteiger partial charge in [-0.3, -0.25) is 9.52 Å². The van der Waals surface area contributed by atoms with Crippen LogP contribution in [0.2, 0.25) is 5.02 Å². The number of carbonyl (C=O) groups excluding carboxylic acids is 1. The Hall–Kier alpha value is -1.14. The number of halogens is 2. The standard InChI is InChI=1S/C7H5ClFNO3S/c8-5-2-1-3-6(7(5)9)14(12,13)10-4-11/h1-4H,(H,10,11). The Morgan fingerprint density at radius 1 is 1.43 bits per heavy atom. The van der Waals surface area contributed by atoms with Gasteiger partial charge in [0, 0.05) is 0 Å². The number of nitrogens with one attached hydrogen (secondary N) is 1. The maximum atomic E-state index is 13.2. The molecule has 76 valence electrons. The number of carbonyl (C=O) groups is 1. The first kappa shape index (κ1) is 10.9. The minimum absolute atomic E-state index is 0.0460. The van der Waals surface area contributed by atoms with E-state index < -0.39 is 20.7 Å². The van der Waals surface area contributed by atoms with E-state index in [1.807, 2.05) is 0 Å². The average molecular weight is 238 g/mol. The van der Waals surface area contributed by atoms with Gasteiger partial charge in [-0.25, -0.2) is 12.8 Å². The molecule has 0 unspecified atom stereocenters. The Bertz CT molecular complexity index is 460. The van der Waals surface area contributed by atoms with Crippen LogP contribution in [0.1, 0.15) is 0 Å². The molecule has 1 N–H and O–H groups in total. The Morgan fingerprint density at radius 2 is 2.07 bits per heavy atom. The van der Waals surface area contributed by atoms with Crippen LogP contribution in [-0.4, -0.2) is 14.8 Å². The van der Waals surface area contributed by atoms with Crippen LogP contribution in [0.25, 0.3) is 0 Å². The Balaban J connectivity index is 3.33. The van der Waals surface area contributed by atoms with Crippen molar-refractivity contribution in [3.63, 3.8) is 0 Å². The molecule has 1 amide bonds. The van der Waals surface area contributed by atoms with E-state index in [0.29, 0.717) is 0 Å². The summed E-state index contributed by atoms with van der Waals surface area (Å²) in [5, 5.41) is -0.321. The molecule has 0 aliphatic carbocycles. The third-order valence-electron chi connectivity index (χ3n) is 1.41. The van der Waals surface area contributed by atoms with Crippen molar-refractivity contribution < 1.29 is 17.6 Å². The fourth-order valence-electron chi connectivity index (χ4n) is 0.818. The van der Waals surface area contributed by atoms with Crippen LogP contribution < -0.4 is 4.72 Å². The second-order valence-corrected chi connectivity index (χ2v) is 4.38. The largest absolute Gasteiger partial charge is 0.278 e. The quantitative estimate of drug-likeness (QED) is 0.795. The van der Waals surface area contributed by atoms with Gasteiger partial charge in [0.25, 0.3) is 10.0 Å². The van der Waals surface area contributed by atoms with Crippen LogP contribution in [0.5, 0.6) is 0 Å². The highest BCUT2D eigenvalue weighted by atomic mass is 35.5. The number of sulfonamides is 1. The maximum absolute atomic E-state index is 13.2. The lowest BCUT2D eigenvalue weighted by molar-refractivity contribution is -0.108. The molecule has 4 nitrogen and oxygen atoms in total. The topological polar surface area (TPSA) is 63.2 Å². The van der Waals surface area contributed by atoms with Crippen LogP contribution in [0, 0.1) is 5.82 Å². The molecular formula is C7H5ClFNO3S. The van der Waals surface area contributed by atoms with Crippen molar-refractivity contribution in [3.05, 3.63) is 29.0 Å². The van der Waals surface area contributed by atoms with Gasteiger partial charge >= 0.3 is 0 Å². The molecule has 0 aromatic heterocycles. The molecule has 0 spiro atoms. The molecule has 0 saturated carbocycles. The van der Waals surface area contributed by atoms with Gasteiger partial charge in [-0.1, -0.05) is 17.7 Å². The fourth-order valence-corrected chi connectivity index (χ4v) is 1.91. The van der Waals surface area contributed by atoms with Crippen molar-refractivity contribution in [1.82, 2.24) is 4.72 Å². The summed E-state index contributed by atoms with van der Waals surface area (Å²) in [5.41, 5.74) is 0. The van der Waals surface area contributed by atoms with Gasteiger partial charge in [0.1, 0.15) is 4.90 Å². The average Bonchev–Trinajstić information content (AvgIpc) is 2.09. The Kier molecular flexibility index (Phi) is 3.07. The molecule has 7 heteroatoms. The second-order valence-electron chi connectivity index (χ2n) is 2.29. The highest BCUT2D eigenvalue weighted by Gasteiger charge is 2.19. The first-order valence-corrected chi connectivity index (χ1v) is 5.25. The third kappa shape index (κ3) is 2.02. The number of benzene rings is 1. The maximum Gasteiger partial charge on any atom is 0.266 e. The summed E-state index contributed by atoms with van der Waals surface area (Å²) in [6.07, 6.45) is -0.0460. The first-order valence-electron chi connectivity index (χ1n) is 3.39. The lowest BCUT2D eigenvalue weighted by Gasteiger charge is -2.03. The zero-order valence-corrected chi connectivity index (χ0v) is 8.27. The molecule has 0 aliphatic heterocycles. The van der Waals surface area contributed by atoms with Crippen LogP contribution >= 0.6 is 11.6 Å². The SMILES string of the molecule is O=CNS(=O)(=O)c1cccc(Cl)c1F. The molecule has 0 bridgehead atoms. The van der Waals surface area contributed by atoms with E-state index in [2.05, 4.69) is 0 Å². The highest BCUT2D eigenvalue weighted by Crippen LogP contribution is 2.21. The van der Waals surface area contributed by atoms with E-state index in [-0.39, 0.29) is 11.4 Å². The lowest BCUT2D eigenvalue weighted by Crippen LogP contribution is -2.22. The van der Waals surface area contributed by atoms with Crippen molar-refractivity contribution in [1.29, 1.82) is 0 Å². The highest BCUT2D eigenvalue weighted by molar-refractivity contribution is 7.90. The van der Waals surface area contributed by atoms with Crippen molar-refractivity contribution in [2.24, 2.45) is 0 Å². The first-order chi connectivity index (χ1) is 6.49. The molecule has 0 aliphatic rings. The zero-order valence-electron chi connectivity index (χ0n) is 6.70. The lowest BCUT2D eigenvalue weighted by atomic mass is 10.3. The van der Waals surface area contributed by atoms with Gasteiger partial charge in [-0.05, 0) is 12.1 Å². The number of amides is 1. The summed E-state index contributed by atoms with van der Waals surface area (Å²) in [5.74, 6) is -1.08. The number of hydrogen-bond donors (Lipinski definition) is 1. The summed E-state index contributed by atoms with van der Waals surface area (Å²) in [6, 6.07) is 3.48. The van der Waals surface area contributed by atoms with Crippen molar-refractivity contribution in [2.45, 2.75) is 4.90 Å². The predicted molar refractivity (Wildman–Crippen MR) is 47.8 cm³/mol. The van der Waals surface area contributed by atoms with Crippen molar-refractivity contribution >= 4 is 28.0 Å². The summed E-state index contributed by atoms with van der Waals surface area (Å²) in [4.78, 5) is 9.29. The van der Waals surface area contributed by atoms with Crippen molar-refractivity contribution in [2.75, 3.05) is 0 Å². The van der Waals surface area contributed by atoms with E-state index >= 15 is 0 Å².